The fraction of sp³-hybridized carbons (Fsp3) is 0.981. The second kappa shape index (κ2) is 46.7. The Morgan fingerprint density at radius 1 is 0.403 bits per heavy atom. The number of piperazine rings is 1. The number of carbonyl (C=O) groups excluding carboxylic acids is 1. The predicted octanol–water partition coefficient (Wildman–Crippen LogP) is 12.7. The Hall–Kier alpha value is -0.810. The highest BCUT2D eigenvalue weighted by atomic mass is 16.5. The van der Waals surface area contributed by atoms with Gasteiger partial charge in [-0.1, -0.05) is 194 Å². The minimum atomic E-state index is -0.512. The minimum Gasteiger partial charge on any atom is -0.465 e. The minimum absolute atomic E-state index is 0.0743. The second-order valence-corrected chi connectivity index (χ2v) is 19.0. The van der Waals surface area contributed by atoms with E-state index in [2.05, 4.69) is 30.6 Å². The fourth-order valence-corrected chi connectivity index (χ4v) is 8.54. The molecule has 0 amide bonds. The Kier molecular flexibility index (Phi) is 44.6. The van der Waals surface area contributed by atoms with Crippen molar-refractivity contribution < 1.29 is 33.6 Å². The van der Waals surface area contributed by atoms with E-state index in [1.54, 1.807) is 0 Å². The monoisotopic (exact) mass is 883 g/mol. The third-order valence-electron chi connectivity index (χ3n) is 12.8. The van der Waals surface area contributed by atoms with Gasteiger partial charge in [0.15, 0.2) is 0 Å². The van der Waals surface area contributed by atoms with Crippen molar-refractivity contribution in [2.75, 3.05) is 105 Å². The Bertz CT molecular complexity index is 834. The third kappa shape index (κ3) is 38.5. The molecule has 1 saturated heterocycles. The van der Waals surface area contributed by atoms with Gasteiger partial charge in [0, 0.05) is 59.0 Å². The van der Waals surface area contributed by atoms with Crippen LogP contribution < -0.4 is 0 Å². The van der Waals surface area contributed by atoms with Gasteiger partial charge in [-0.3, -0.25) is 9.69 Å². The van der Waals surface area contributed by atoms with Gasteiger partial charge < -0.3 is 33.7 Å². The maximum atomic E-state index is 13.3. The number of hydrogen-bond acceptors (Lipinski definition) is 9. The van der Waals surface area contributed by atoms with Gasteiger partial charge in [-0.25, -0.2) is 0 Å². The van der Waals surface area contributed by atoms with Crippen LogP contribution >= 0.6 is 0 Å². The molecule has 0 aromatic carbocycles. The molecule has 62 heavy (non-hydrogen) atoms. The first-order chi connectivity index (χ1) is 30.6. The molecular formula is C53H106N2O7. The SMILES string of the molecule is CCCCCCCCCCCCOCC(COCCCCCCCCCCCC)(COCCCCCCCCCCCC)COC(=O)CCCN1CCN(CCOCCO)CC1. The van der Waals surface area contributed by atoms with E-state index in [4.69, 9.17) is 28.8 Å². The summed E-state index contributed by atoms with van der Waals surface area (Å²) < 4.78 is 30.9. The molecule has 370 valence electrons. The first kappa shape index (κ1) is 59.2. The molecular weight excluding hydrogens is 777 g/mol. The zero-order valence-electron chi connectivity index (χ0n) is 41.7. The van der Waals surface area contributed by atoms with Crippen LogP contribution in [0.1, 0.15) is 226 Å². The van der Waals surface area contributed by atoms with Crippen molar-refractivity contribution in [3.8, 4) is 0 Å². The lowest BCUT2D eigenvalue weighted by Gasteiger charge is -2.34. The van der Waals surface area contributed by atoms with E-state index in [9.17, 15) is 4.79 Å². The summed E-state index contributed by atoms with van der Waals surface area (Å²) in [6, 6.07) is 0. The molecule has 0 aromatic heterocycles. The maximum absolute atomic E-state index is 13.3. The average molecular weight is 883 g/mol. The number of nitrogens with zero attached hydrogens (tertiary/aromatic N) is 2. The average Bonchev–Trinajstić information content (AvgIpc) is 3.28. The number of hydrogen-bond donors (Lipinski definition) is 1. The number of rotatable bonds is 50. The zero-order valence-corrected chi connectivity index (χ0v) is 41.7. The second-order valence-electron chi connectivity index (χ2n) is 19.0. The fourth-order valence-electron chi connectivity index (χ4n) is 8.54. The van der Waals surface area contributed by atoms with Gasteiger partial charge in [-0.05, 0) is 32.2 Å². The molecule has 1 aliphatic heterocycles. The molecule has 0 atom stereocenters. The molecule has 1 N–H and O–H groups in total. The van der Waals surface area contributed by atoms with Crippen LogP contribution in [0.4, 0.5) is 0 Å². The molecule has 0 aromatic rings. The van der Waals surface area contributed by atoms with Gasteiger partial charge in [0.1, 0.15) is 6.61 Å². The molecule has 0 radical (unpaired) electrons. The standard InChI is InChI=1S/C53H106N2O7/c1-4-7-10-13-16-19-22-25-28-31-43-59-48-53(49-60-44-32-29-26-23-20-17-14-11-8-5-2,50-61-45-33-30-27-24-21-18-15-12-9-6-3)51-62-52(57)35-34-36-54-37-39-55(40-38-54)41-46-58-47-42-56/h56H,4-51H2,1-3H3. The smallest absolute Gasteiger partial charge is 0.305 e. The topological polar surface area (TPSA) is 89.9 Å². The van der Waals surface area contributed by atoms with Crippen molar-refractivity contribution in [1.29, 1.82) is 0 Å². The number of aliphatic hydroxyl groups is 1. The Morgan fingerprint density at radius 2 is 0.742 bits per heavy atom. The van der Waals surface area contributed by atoms with Crippen LogP contribution in [-0.4, -0.2) is 126 Å². The summed E-state index contributed by atoms with van der Waals surface area (Å²) in [5.74, 6) is -0.131. The molecule has 0 saturated carbocycles. The van der Waals surface area contributed by atoms with E-state index < -0.39 is 5.41 Å². The Labute approximate surface area is 385 Å². The normalized spacial score (nSPS) is 14.0. The van der Waals surface area contributed by atoms with E-state index in [1.165, 1.54) is 173 Å². The van der Waals surface area contributed by atoms with Crippen molar-refractivity contribution in [3.05, 3.63) is 0 Å². The maximum Gasteiger partial charge on any atom is 0.305 e. The highest BCUT2D eigenvalue weighted by Gasteiger charge is 2.34. The highest BCUT2D eigenvalue weighted by Crippen LogP contribution is 2.23. The van der Waals surface area contributed by atoms with E-state index in [1.807, 2.05) is 0 Å². The van der Waals surface area contributed by atoms with Gasteiger partial charge in [-0.2, -0.15) is 0 Å². The molecule has 0 bridgehead atoms. The lowest BCUT2D eigenvalue weighted by atomic mass is 9.92. The summed E-state index contributed by atoms with van der Waals surface area (Å²) in [4.78, 5) is 18.1. The largest absolute Gasteiger partial charge is 0.465 e. The van der Waals surface area contributed by atoms with Crippen molar-refractivity contribution in [2.24, 2.45) is 5.41 Å². The number of ether oxygens (including phenoxy) is 5. The van der Waals surface area contributed by atoms with Crippen LogP contribution in [0.3, 0.4) is 0 Å². The summed E-state index contributed by atoms with van der Waals surface area (Å²) >= 11 is 0. The summed E-state index contributed by atoms with van der Waals surface area (Å²) in [7, 11) is 0. The van der Waals surface area contributed by atoms with Crippen LogP contribution in [0.2, 0.25) is 0 Å². The molecule has 1 aliphatic rings. The quantitative estimate of drug-likeness (QED) is 0.0474. The lowest BCUT2D eigenvalue weighted by Crippen LogP contribution is -2.47. The molecule has 9 heteroatoms. The van der Waals surface area contributed by atoms with E-state index in [-0.39, 0.29) is 19.2 Å². The van der Waals surface area contributed by atoms with Gasteiger partial charge >= 0.3 is 5.97 Å². The van der Waals surface area contributed by atoms with Crippen molar-refractivity contribution in [1.82, 2.24) is 9.80 Å². The lowest BCUT2D eigenvalue weighted by molar-refractivity contribution is -0.156. The predicted molar refractivity (Wildman–Crippen MR) is 261 cm³/mol. The van der Waals surface area contributed by atoms with Crippen molar-refractivity contribution >= 4 is 5.97 Å². The van der Waals surface area contributed by atoms with Gasteiger partial charge in [0.2, 0.25) is 0 Å². The highest BCUT2D eigenvalue weighted by molar-refractivity contribution is 5.69. The van der Waals surface area contributed by atoms with E-state index >= 15 is 0 Å². The first-order valence-corrected chi connectivity index (χ1v) is 27.1. The third-order valence-corrected chi connectivity index (χ3v) is 12.8. The molecule has 0 unspecified atom stereocenters. The van der Waals surface area contributed by atoms with Gasteiger partial charge in [0.05, 0.1) is 45.1 Å². The van der Waals surface area contributed by atoms with Gasteiger partial charge in [0.25, 0.3) is 0 Å². The summed E-state index contributed by atoms with van der Waals surface area (Å²) in [5.41, 5.74) is -0.512. The van der Waals surface area contributed by atoms with Gasteiger partial charge in [-0.15, -0.1) is 0 Å². The number of esters is 1. The Balaban J connectivity index is 2.68. The van der Waals surface area contributed by atoms with E-state index in [0.29, 0.717) is 39.5 Å². The molecule has 1 heterocycles. The van der Waals surface area contributed by atoms with Crippen molar-refractivity contribution in [3.63, 3.8) is 0 Å². The van der Waals surface area contributed by atoms with Crippen LogP contribution in [0.25, 0.3) is 0 Å². The molecule has 0 aliphatic carbocycles. The number of carbonyl (C=O) groups is 1. The molecule has 1 fully saturated rings. The Morgan fingerprint density at radius 3 is 1.10 bits per heavy atom. The summed E-state index contributed by atoms with van der Waals surface area (Å²) in [6.07, 6.45) is 40.3. The van der Waals surface area contributed by atoms with Crippen LogP contribution in [0, 0.1) is 5.41 Å². The van der Waals surface area contributed by atoms with Crippen LogP contribution in [-0.2, 0) is 28.5 Å². The summed E-state index contributed by atoms with van der Waals surface area (Å²) in [5, 5.41) is 8.94. The molecule has 1 rings (SSSR count). The van der Waals surface area contributed by atoms with Crippen LogP contribution in [0.15, 0.2) is 0 Å². The first-order valence-electron chi connectivity index (χ1n) is 27.1. The van der Waals surface area contributed by atoms with E-state index in [0.717, 1.165) is 84.8 Å². The number of unbranched alkanes of at least 4 members (excludes halogenated alkanes) is 27. The van der Waals surface area contributed by atoms with Crippen LogP contribution in [0.5, 0.6) is 0 Å². The van der Waals surface area contributed by atoms with Crippen molar-refractivity contribution in [2.45, 2.75) is 226 Å². The summed E-state index contributed by atoms with van der Waals surface area (Å²) in [6.45, 7) is 17.7. The molecule has 9 nitrogen and oxygen atoms in total. The zero-order chi connectivity index (χ0) is 44.7. The number of aliphatic hydroxyl groups excluding tert-OH is 1. The molecule has 0 spiro atoms.